The summed E-state index contributed by atoms with van der Waals surface area (Å²) in [4.78, 5) is 2.30. The predicted molar refractivity (Wildman–Crippen MR) is 81.1 cm³/mol. The van der Waals surface area contributed by atoms with Crippen LogP contribution < -0.4 is 15.4 Å². The summed E-state index contributed by atoms with van der Waals surface area (Å²) in [6.07, 6.45) is 2.50. The SMILES string of the molecule is COc1ccc(C(C)C)cc1N(C)CC1(CN)CC1. The van der Waals surface area contributed by atoms with Gasteiger partial charge in [-0.3, -0.25) is 0 Å². The summed E-state index contributed by atoms with van der Waals surface area (Å²) in [5, 5.41) is 0. The van der Waals surface area contributed by atoms with Gasteiger partial charge in [-0.2, -0.15) is 0 Å². The topological polar surface area (TPSA) is 38.5 Å². The minimum atomic E-state index is 0.341. The van der Waals surface area contributed by atoms with Gasteiger partial charge in [0.25, 0.3) is 0 Å². The molecule has 1 aromatic carbocycles. The second kappa shape index (κ2) is 5.41. The number of nitrogens with zero attached hydrogens (tertiary/aromatic N) is 1. The molecule has 0 heterocycles. The minimum absolute atomic E-state index is 0.341. The quantitative estimate of drug-likeness (QED) is 0.856. The highest BCUT2D eigenvalue weighted by molar-refractivity contribution is 5.60. The molecule has 2 N–H and O–H groups in total. The van der Waals surface area contributed by atoms with Crippen molar-refractivity contribution in [2.75, 3.05) is 32.1 Å². The van der Waals surface area contributed by atoms with Crippen LogP contribution in [0.25, 0.3) is 0 Å². The molecular weight excluding hydrogens is 236 g/mol. The molecule has 1 aliphatic carbocycles. The first kappa shape index (κ1) is 14.2. The molecule has 19 heavy (non-hydrogen) atoms. The van der Waals surface area contributed by atoms with Gasteiger partial charge in [-0.25, -0.2) is 0 Å². The highest BCUT2D eigenvalue weighted by atomic mass is 16.5. The van der Waals surface area contributed by atoms with Gasteiger partial charge in [-0.15, -0.1) is 0 Å². The van der Waals surface area contributed by atoms with E-state index in [2.05, 4.69) is 44.0 Å². The molecule has 1 saturated carbocycles. The Morgan fingerprint density at radius 3 is 2.53 bits per heavy atom. The Labute approximate surface area is 116 Å². The maximum atomic E-state index is 5.89. The minimum Gasteiger partial charge on any atom is -0.495 e. The van der Waals surface area contributed by atoms with E-state index in [0.717, 1.165) is 18.8 Å². The van der Waals surface area contributed by atoms with Crippen molar-refractivity contribution in [2.45, 2.75) is 32.6 Å². The Morgan fingerprint density at radius 2 is 2.05 bits per heavy atom. The van der Waals surface area contributed by atoms with Gasteiger partial charge in [0.1, 0.15) is 5.75 Å². The Balaban J connectivity index is 2.23. The van der Waals surface area contributed by atoms with Crippen LogP contribution in [0.1, 0.15) is 38.2 Å². The molecule has 1 aromatic rings. The molecular formula is C16H26N2O. The van der Waals surface area contributed by atoms with Crippen LogP contribution in [-0.4, -0.2) is 27.2 Å². The lowest BCUT2D eigenvalue weighted by molar-refractivity contribution is 0.413. The molecule has 2 rings (SSSR count). The molecule has 0 aliphatic heterocycles. The fraction of sp³-hybridized carbons (Fsp3) is 0.625. The third-order valence-electron chi connectivity index (χ3n) is 4.24. The van der Waals surface area contributed by atoms with Gasteiger partial charge in [-0.1, -0.05) is 19.9 Å². The molecule has 1 fully saturated rings. The third-order valence-corrected chi connectivity index (χ3v) is 4.24. The largest absolute Gasteiger partial charge is 0.495 e. The van der Waals surface area contributed by atoms with E-state index in [-0.39, 0.29) is 0 Å². The molecule has 0 bridgehead atoms. The van der Waals surface area contributed by atoms with Crippen LogP contribution in [0.3, 0.4) is 0 Å². The summed E-state index contributed by atoms with van der Waals surface area (Å²) in [7, 11) is 3.87. The van der Waals surface area contributed by atoms with Gasteiger partial charge in [0.2, 0.25) is 0 Å². The second-order valence-electron chi connectivity index (χ2n) is 6.15. The van der Waals surface area contributed by atoms with Crippen LogP contribution in [0, 0.1) is 5.41 Å². The van der Waals surface area contributed by atoms with E-state index in [1.165, 1.54) is 24.1 Å². The summed E-state index contributed by atoms with van der Waals surface area (Å²) >= 11 is 0. The maximum Gasteiger partial charge on any atom is 0.142 e. The van der Waals surface area contributed by atoms with Crippen molar-refractivity contribution >= 4 is 5.69 Å². The molecule has 0 amide bonds. The molecule has 1 aliphatic rings. The molecule has 0 unspecified atom stereocenters. The third kappa shape index (κ3) is 3.03. The summed E-state index contributed by atoms with van der Waals surface area (Å²) < 4.78 is 5.50. The molecule has 106 valence electrons. The van der Waals surface area contributed by atoms with Crippen molar-refractivity contribution in [3.05, 3.63) is 23.8 Å². The fourth-order valence-electron chi connectivity index (χ4n) is 2.56. The van der Waals surface area contributed by atoms with Crippen molar-refractivity contribution in [1.82, 2.24) is 0 Å². The average molecular weight is 262 g/mol. The van der Waals surface area contributed by atoms with Gasteiger partial charge < -0.3 is 15.4 Å². The molecule has 0 saturated heterocycles. The van der Waals surface area contributed by atoms with Crippen molar-refractivity contribution in [3.8, 4) is 5.75 Å². The van der Waals surface area contributed by atoms with Crippen molar-refractivity contribution in [3.63, 3.8) is 0 Å². The second-order valence-corrected chi connectivity index (χ2v) is 6.15. The number of hydrogen-bond donors (Lipinski definition) is 1. The van der Waals surface area contributed by atoms with Gasteiger partial charge in [0, 0.05) is 19.0 Å². The maximum absolute atomic E-state index is 5.89. The lowest BCUT2D eigenvalue weighted by atomic mass is 10.0. The number of benzene rings is 1. The molecule has 0 aromatic heterocycles. The summed E-state index contributed by atoms with van der Waals surface area (Å²) in [6, 6.07) is 6.47. The molecule has 0 radical (unpaired) electrons. The van der Waals surface area contributed by atoms with Crippen molar-refractivity contribution in [1.29, 1.82) is 0 Å². The van der Waals surface area contributed by atoms with E-state index in [9.17, 15) is 0 Å². The first-order valence-corrected chi connectivity index (χ1v) is 7.10. The number of anilines is 1. The number of hydrogen-bond acceptors (Lipinski definition) is 3. The Hall–Kier alpha value is -1.22. The van der Waals surface area contributed by atoms with Crippen LogP contribution in [0.4, 0.5) is 5.69 Å². The molecule has 0 atom stereocenters. The monoisotopic (exact) mass is 262 g/mol. The van der Waals surface area contributed by atoms with Gasteiger partial charge >= 0.3 is 0 Å². The van der Waals surface area contributed by atoms with Crippen molar-refractivity contribution in [2.24, 2.45) is 11.1 Å². The Bertz CT molecular complexity index is 438. The average Bonchev–Trinajstić information content (AvgIpc) is 3.18. The zero-order chi connectivity index (χ0) is 14.0. The Kier molecular flexibility index (Phi) is 4.04. The van der Waals surface area contributed by atoms with E-state index in [1.54, 1.807) is 7.11 Å². The number of rotatable bonds is 6. The highest BCUT2D eigenvalue weighted by Crippen LogP contribution is 2.46. The van der Waals surface area contributed by atoms with Crippen molar-refractivity contribution < 1.29 is 4.74 Å². The van der Waals surface area contributed by atoms with Crippen LogP contribution in [0.2, 0.25) is 0 Å². The highest BCUT2D eigenvalue weighted by Gasteiger charge is 2.42. The van der Waals surface area contributed by atoms with Crippen LogP contribution >= 0.6 is 0 Å². The normalized spacial score (nSPS) is 16.5. The predicted octanol–water partition coefficient (Wildman–Crippen LogP) is 2.99. The van der Waals surface area contributed by atoms with E-state index in [0.29, 0.717) is 11.3 Å². The van der Waals surface area contributed by atoms with Gasteiger partial charge in [0.05, 0.1) is 12.8 Å². The van der Waals surface area contributed by atoms with E-state index in [1.807, 2.05) is 0 Å². The van der Waals surface area contributed by atoms with Crippen LogP contribution in [0.5, 0.6) is 5.75 Å². The summed E-state index contributed by atoms with van der Waals surface area (Å²) in [6.45, 7) is 6.23. The first-order valence-electron chi connectivity index (χ1n) is 7.10. The molecule has 0 spiro atoms. The molecule has 3 nitrogen and oxygen atoms in total. The van der Waals surface area contributed by atoms with Crippen LogP contribution in [-0.2, 0) is 0 Å². The van der Waals surface area contributed by atoms with E-state index in [4.69, 9.17) is 10.5 Å². The fourth-order valence-corrected chi connectivity index (χ4v) is 2.56. The van der Waals surface area contributed by atoms with Gasteiger partial charge in [-0.05, 0) is 43.0 Å². The zero-order valence-corrected chi connectivity index (χ0v) is 12.6. The van der Waals surface area contributed by atoms with E-state index >= 15 is 0 Å². The lowest BCUT2D eigenvalue weighted by Crippen LogP contribution is -2.31. The number of ether oxygens (including phenoxy) is 1. The van der Waals surface area contributed by atoms with Crippen LogP contribution in [0.15, 0.2) is 18.2 Å². The summed E-state index contributed by atoms with van der Waals surface area (Å²) in [5.41, 5.74) is 8.75. The molecule has 3 heteroatoms. The lowest BCUT2D eigenvalue weighted by Gasteiger charge is -2.27. The zero-order valence-electron chi connectivity index (χ0n) is 12.6. The number of methoxy groups -OCH3 is 1. The summed E-state index contributed by atoms with van der Waals surface area (Å²) in [5.74, 6) is 1.47. The number of nitrogens with two attached hydrogens (primary N) is 1. The first-order chi connectivity index (χ1) is 9.01. The standard InChI is InChI=1S/C16H26N2O/c1-12(2)13-5-6-15(19-4)14(9-13)18(3)11-16(10-17)7-8-16/h5-6,9,12H,7-8,10-11,17H2,1-4H3. The Morgan fingerprint density at radius 1 is 1.37 bits per heavy atom. The smallest absolute Gasteiger partial charge is 0.142 e. The van der Waals surface area contributed by atoms with E-state index < -0.39 is 0 Å². The van der Waals surface area contributed by atoms with Gasteiger partial charge in [0.15, 0.2) is 0 Å².